The Morgan fingerprint density at radius 3 is 2.29 bits per heavy atom. The van der Waals surface area contributed by atoms with Crippen LogP contribution in [-0.2, 0) is 5.41 Å². The zero-order chi connectivity index (χ0) is 10.9. The van der Waals surface area contributed by atoms with Gasteiger partial charge in [-0.05, 0) is 29.5 Å². The SMILES string of the molecule is CC(N)c1ccc(O)c(C(C)(C)C)c1. The van der Waals surface area contributed by atoms with Crippen molar-refractivity contribution in [3.05, 3.63) is 29.3 Å². The molecule has 14 heavy (non-hydrogen) atoms. The van der Waals surface area contributed by atoms with Crippen molar-refractivity contribution in [1.29, 1.82) is 0 Å². The van der Waals surface area contributed by atoms with Gasteiger partial charge in [-0.1, -0.05) is 32.9 Å². The molecule has 0 heterocycles. The van der Waals surface area contributed by atoms with E-state index in [2.05, 4.69) is 20.8 Å². The number of phenolic OH excluding ortho intramolecular Hbond substituents is 1. The Kier molecular flexibility index (Phi) is 2.86. The molecule has 0 fully saturated rings. The first kappa shape index (κ1) is 11.1. The molecule has 2 heteroatoms. The van der Waals surface area contributed by atoms with Gasteiger partial charge >= 0.3 is 0 Å². The van der Waals surface area contributed by atoms with Crippen molar-refractivity contribution in [3.8, 4) is 5.75 Å². The van der Waals surface area contributed by atoms with Gasteiger partial charge in [0.2, 0.25) is 0 Å². The molecule has 0 amide bonds. The third kappa shape index (κ3) is 2.26. The Hall–Kier alpha value is -1.02. The highest BCUT2D eigenvalue weighted by Gasteiger charge is 2.18. The summed E-state index contributed by atoms with van der Waals surface area (Å²) in [6.45, 7) is 8.17. The van der Waals surface area contributed by atoms with Gasteiger partial charge in [0.25, 0.3) is 0 Å². The predicted octanol–water partition coefficient (Wildman–Crippen LogP) is 2.71. The molecule has 1 atom stereocenters. The molecule has 2 nitrogen and oxygen atoms in total. The van der Waals surface area contributed by atoms with Gasteiger partial charge < -0.3 is 10.8 Å². The van der Waals surface area contributed by atoms with E-state index in [1.807, 2.05) is 19.1 Å². The Bertz CT molecular complexity index is 324. The fourth-order valence-corrected chi connectivity index (χ4v) is 1.44. The summed E-state index contributed by atoms with van der Waals surface area (Å²) in [4.78, 5) is 0. The number of phenols is 1. The molecule has 0 aromatic heterocycles. The van der Waals surface area contributed by atoms with Gasteiger partial charge in [0.05, 0.1) is 0 Å². The first-order valence-corrected chi connectivity index (χ1v) is 4.91. The summed E-state index contributed by atoms with van der Waals surface area (Å²) in [5.74, 6) is 0.349. The zero-order valence-corrected chi connectivity index (χ0v) is 9.33. The molecule has 78 valence electrons. The molecular formula is C12H19NO. The first-order valence-electron chi connectivity index (χ1n) is 4.91. The van der Waals surface area contributed by atoms with Crippen molar-refractivity contribution in [2.75, 3.05) is 0 Å². The molecule has 0 saturated carbocycles. The highest BCUT2D eigenvalue weighted by atomic mass is 16.3. The van der Waals surface area contributed by atoms with Crippen LogP contribution in [0.5, 0.6) is 5.75 Å². The number of nitrogens with two attached hydrogens (primary N) is 1. The third-order valence-corrected chi connectivity index (χ3v) is 2.35. The number of benzene rings is 1. The number of hydrogen-bond acceptors (Lipinski definition) is 2. The van der Waals surface area contributed by atoms with E-state index in [0.717, 1.165) is 11.1 Å². The Morgan fingerprint density at radius 1 is 1.29 bits per heavy atom. The van der Waals surface area contributed by atoms with Crippen molar-refractivity contribution in [1.82, 2.24) is 0 Å². The molecule has 0 saturated heterocycles. The van der Waals surface area contributed by atoms with Crippen LogP contribution in [0.1, 0.15) is 44.9 Å². The maximum atomic E-state index is 9.71. The second kappa shape index (κ2) is 3.62. The van der Waals surface area contributed by atoms with E-state index >= 15 is 0 Å². The minimum absolute atomic E-state index is 0.0108. The molecule has 1 unspecified atom stereocenters. The topological polar surface area (TPSA) is 46.2 Å². The van der Waals surface area contributed by atoms with Gasteiger partial charge in [-0.15, -0.1) is 0 Å². The van der Waals surface area contributed by atoms with Gasteiger partial charge in [-0.25, -0.2) is 0 Å². The van der Waals surface area contributed by atoms with Crippen molar-refractivity contribution in [2.24, 2.45) is 5.73 Å². The number of aromatic hydroxyl groups is 1. The second-order valence-electron chi connectivity index (χ2n) is 4.82. The van der Waals surface area contributed by atoms with Crippen LogP contribution in [0.4, 0.5) is 0 Å². The third-order valence-electron chi connectivity index (χ3n) is 2.35. The van der Waals surface area contributed by atoms with Crippen molar-refractivity contribution in [2.45, 2.75) is 39.2 Å². The van der Waals surface area contributed by atoms with Gasteiger partial charge in [0.1, 0.15) is 5.75 Å². The fraction of sp³-hybridized carbons (Fsp3) is 0.500. The maximum absolute atomic E-state index is 9.71. The van der Waals surface area contributed by atoms with Crippen LogP contribution in [0.2, 0.25) is 0 Å². The van der Waals surface area contributed by atoms with E-state index < -0.39 is 0 Å². The molecule has 1 aromatic rings. The minimum Gasteiger partial charge on any atom is -0.508 e. The average molecular weight is 193 g/mol. The first-order chi connectivity index (χ1) is 6.32. The standard InChI is InChI=1S/C12H19NO/c1-8(13)9-5-6-11(14)10(7-9)12(2,3)4/h5-8,14H,13H2,1-4H3. The van der Waals surface area contributed by atoms with E-state index in [0.29, 0.717) is 5.75 Å². The highest BCUT2D eigenvalue weighted by molar-refractivity contribution is 5.41. The predicted molar refractivity (Wildman–Crippen MR) is 59.4 cm³/mol. The lowest BCUT2D eigenvalue weighted by Gasteiger charge is -2.21. The number of hydrogen-bond donors (Lipinski definition) is 2. The molecule has 0 aliphatic rings. The smallest absolute Gasteiger partial charge is 0.119 e. The van der Waals surface area contributed by atoms with E-state index in [-0.39, 0.29) is 11.5 Å². The summed E-state index contributed by atoms with van der Waals surface area (Å²) < 4.78 is 0. The Morgan fingerprint density at radius 2 is 1.86 bits per heavy atom. The quantitative estimate of drug-likeness (QED) is 0.720. The largest absolute Gasteiger partial charge is 0.508 e. The molecular weight excluding hydrogens is 174 g/mol. The second-order valence-corrected chi connectivity index (χ2v) is 4.82. The number of rotatable bonds is 1. The highest BCUT2D eigenvalue weighted by Crippen LogP contribution is 2.32. The van der Waals surface area contributed by atoms with Crippen LogP contribution in [0.15, 0.2) is 18.2 Å². The average Bonchev–Trinajstić information content (AvgIpc) is 2.02. The lowest BCUT2D eigenvalue weighted by atomic mass is 9.85. The van der Waals surface area contributed by atoms with Crippen LogP contribution in [-0.4, -0.2) is 5.11 Å². The van der Waals surface area contributed by atoms with E-state index in [1.165, 1.54) is 0 Å². The molecule has 0 bridgehead atoms. The van der Waals surface area contributed by atoms with Crippen LogP contribution in [0.3, 0.4) is 0 Å². The molecule has 0 aliphatic heterocycles. The van der Waals surface area contributed by atoms with Crippen LogP contribution >= 0.6 is 0 Å². The van der Waals surface area contributed by atoms with Crippen molar-refractivity contribution >= 4 is 0 Å². The summed E-state index contributed by atoms with van der Waals surface area (Å²) in [7, 11) is 0. The Balaban J connectivity index is 3.22. The summed E-state index contributed by atoms with van der Waals surface area (Å²) >= 11 is 0. The zero-order valence-electron chi connectivity index (χ0n) is 9.33. The molecule has 0 radical (unpaired) electrons. The van der Waals surface area contributed by atoms with Crippen molar-refractivity contribution in [3.63, 3.8) is 0 Å². The van der Waals surface area contributed by atoms with Gasteiger partial charge in [-0.2, -0.15) is 0 Å². The lowest BCUT2D eigenvalue weighted by molar-refractivity contribution is 0.446. The molecule has 0 spiro atoms. The van der Waals surface area contributed by atoms with Gasteiger partial charge in [-0.3, -0.25) is 0 Å². The van der Waals surface area contributed by atoms with Crippen LogP contribution in [0, 0.1) is 0 Å². The molecule has 1 rings (SSSR count). The Labute approximate surface area is 85.8 Å². The van der Waals surface area contributed by atoms with Gasteiger partial charge in [0, 0.05) is 6.04 Å². The minimum atomic E-state index is -0.0466. The summed E-state index contributed by atoms with van der Waals surface area (Å²) in [5, 5.41) is 9.71. The normalized spacial score (nSPS) is 14.1. The van der Waals surface area contributed by atoms with E-state index in [4.69, 9.17) is 5.73 Å². The monoisotopic (exact) mass is 193 g/mol. The van der Waals surface area contributed by atoms with Crippen LogP contribution in [0.25, 0.3) is 0 Å². The van der Waals surface area contributed by atoms with Gasteiger partial charge in [0.15, 0.2) is 0 Å². The summed E-state index contributed by atoms with van der Waals surface area (Å²) in [6, 6.07) is 5.59. The summed E-state index contributed by atoms with van der Waals surface area (Å²) in [5.41, 5.74) is 7.76. The molecule has 1 aromatic carbocycles. The summed E-state index contributed by atoms with van der Waals surface area (Å²) in [6.07, 6.45) is 0. The fourth-order valence-electron chi connectivity index (χ4n) is 1.44. The van der Waals surface area contributed by atoms with E-state index in [1.54, 1.807) is 6.07 Å². The maximum Gasteiger partial charge on any atom is 0.119 e. The van der Waals surface area contributed by atoms with Crippen LogP contribution < -0.4 is 5.73 Å². The molecule has 0 aliphatic carbocycles. The van der Waals surface area contributed by atoms with Crippen molar-refractivity contribution < 1.29 is 5.11 Å². The van der Waals surface area contributed by atoms with E-state index in [9.17, 15) is 5.11 Å². The lowest BCUT2D eigenvalue weighted by Crippen LogP contribution is -2.13. The molecule has 3 N–H and O–H groups in total.